The second-order valence-corrected chi connectivity index (χ2v) is 5.72. The molecule has 1 aromatic rings. The van der Waals surface area contributed by atoms with Crippen LogP contribution in [0.15, 0.2) is 6.07 Å². The van der Waals surface area contributed by atoms with Crippen LogP contribution in [0.5, 0.6) is 0 Å². The summed E-state index contributed by atoms with van der Waals surface area (Å²) >= 11 is 0. The zero-order valence-electron chi connectivity index (χ0n) is 13.4. The summed E-state index contributed by atoms with van der Waals surface area (Å²) in [6.45, 7) is 6.48. The van der Waals surface area contributed by atoms with Crippen molar-refractivity contribution in [3.63, 3.8) is 0 Å². The molecule has 1 aromatic heterocycles. The molecular formula is C15H28Cl2N4O. The van der Waals surface area contributed by atoms with Gasteiger partial charge in [-0.05, 0) is 45.7 Å². The Bertz CT molecular complexity index is 438. The number of hydrogen-bond donors (Lipinski definition) is 3. The molecule has 0 aliphatic carbocycles. The van der Waals surface area contributed by atoms with E-state index in [9.17, 15) is 5.11 Å². The zero-order valence-corrected chi connectivity index (χ0v) is 15.0. The molecule has 128 valence electrons. The van der Waals surface area contributed by atoms with Gasteiger partial charge in [0.15, 0.2) is 0 Å². The van der Waals surface area contributed by atoms with Crippen LogP contribution in [-0.2, 0) is 6.42 Å². The van der Waals surface area contributed by atoms with Gasteiger partial charge in [-0.15, -0.1) is 24.8 Å². The van der Waals surface area contributed by atoms with Gasteiger partial charge < -0.3 is 15.7 Å². The van der Waals surface area contributed by atoms with Crippen LogP contribution in [0, 0.1) is 6.92 Å². The number of rotatable bonds is 5. The lowest BCUT2D eigenvalue weighted by molar-refractivity contribution is 0.0413. The van der Waals surface area contributed by atoms with E-state index in [1.54, 1.807) is 0 Å². The number of nitrogens with zero attached hydrogens (tertiary/aromatic N) is 2. The molecule has 2 rings (SSSR count). The molecule has 1 fully saturated rings. The summed E-state index contributed by atoms with van der Waals surface area (Å²) in [5.41, 5.74) is 0.435. The average molecular weight is 351 g/mol. The summed E-state index contributed by atoms with van der Waals surface area (Å²) in [6.07, 6.45) is 4.67. The molecular weight excluding hydrogens is 323 g/mol. The predicted molar refractivity (Wildman–Crippen MR) is 95.4 cm³/mol. The van der Waals surface area contributed by atoms with Crippen molar-refractivity contribution >= 4 is 30.6 Å². The molecule has 0 aromatic carbocycles. The Labute approximate surface area is 145 Å². The fourth-order valence-electron chi connectivity index (χ4n) is 2.65. The van der Waals surface area contributed by atoms with E-state index in [4.69, 9.17) is 0 Å². The molecule has 1 unspecified atom stereocenters. The number of hydrogen-bond acceptors (Lipinski definition) is 5. The van der Waals surface area contributed by atoms with E-state index >= 15 is 0 Å². The van der Waals surface area contributed by atoms with Crippen molar-refractivity contribution in [1.29, 1.82) is 0 Å². The van der Waals surface area contributed by atoms with Crippen LogP contribution in [0.3, 0.4) is 0 Å². The summed E-state index contributed by atoms with van der Waals surface area (Å²) in [6, 6.07) is 1.99. The molecule has 1 atom stereocenters. The minimum absolute atomic E-state index is 0. The molecule has 0 radical (unpaired) electrons. The lowest BCUT2D eigenvalue weighted by atomic mass is 9.95. The Morgan fingerprint density at radius 1 is 1.27 bits per heavy atom. The van der Waals surface area contributed by atoms with Crippen molar-refractivity contribution in [3.05, 3.63) is 17.6 Å². The maximum absolute atomic E-state index is 10.6. The van der Waals surface area contributed by atoms with Crippen LogP contribution in [0.1, 0.15) is 44.1 Å². The van der Waals surface area contributed by atoms with Crippen molar-refractivity contribution in [2.24, 2.45) is 0 Å². The number of aliphatic hydroxyl groups is 1. The minimum Gasteiger partial charge on any atom is -0.388 e. The first kappa shape index (κ1) is 21.4. The number of aryl methyl sites for hydroxylation is 2. The van der Waals surface area contributed by atoms with Gasteiger partial charge in [0.2, 0.25) is 0 Å². The third-order valence-electron chi connectivity index (χ3n) is 3.76. The minimum atomic E-state index is -0.632. The van der Waals surface area contributed by atoms with E-state index in [2.05, 4.69) is 27.5 Å². The SMILES string of the molecule is CCCc1cc(NCC2(O)CCCNCC2)nc(C)n1.Cl.Cl. The van der Waals surface area contributed by atoms with E-state index in [0.717, 1.165) is 62.5 Å². The van der Waals surface area contributed by atoms with Crippen molar-refractivity contribution in [2.45, 2.75) is 51.6 Å². The first-order valence-electron chi connectivity index (χ1n) is 7.63. The normalized spacial score (nSPS) is 21.2. The first-order chi connectivity index (χ1) is 9.61. The predicted octanol–water partition coefficient (Wildman–Crippen LogP) is 2.50. The Kier molecular flexibility index (Phi) is 9.92. The molecule has 7 heteroatoms. The van der Waals surface area contributed by atoms with Gasteiger partial charge in [0, 0.05) is 18.3 Å². The Morgan fingerprint density at radius 3 is 2.77 bits per heavy atom. The topological polar surface area (TPSA) is 70.1 Å². The molecule has 0 spiro atoms. The standard InChI is InChI=1S/C15H26N4O.2ClH/c1-3-5-13-10-14(19-12(2)18-13)17-11-15(20)6-4-8-16-9-7-15;;/h10,16,20H,3-9,11H2,1-2H3,(H,17,18,19);2*1H. The van der Waals surface area contributed by atoms with Gasteiger partial charge in [-0.2, -0.15) is 0 Å². The molecule has 0 saturated carbocycles. The summed E-state index contributed by atoms with van der Waals surface area (Å²) < 4.78 is 0. The second kappa shape index (κ2) is 10.2. The van der Waals surface area contributed by atoms with Gasteiger partial charge in [0.25, 0.3) is 0 Å². The van der Waals surface area contributed by atoms with Gasteiger partial charge in [-0.3, -0.25) is 0 Å². The third kappa shape index (κ3) is 6.65. The van der Waals surface area contributed by atoms with Crippen molar-refractivity contribution in [1.82, 2.24) is 15.3 Å². The molecule has 1 saturated heterocycles. The van der Waals surface area contributed by atoms with Gasteiger partial charge >= 0.3 is 0 Å². The molecule has 5 nitrogen and oxygen atoms in total. The van der Waals surface area contributed by atoms with Gasteiger partial charge in [-0.25, -0.2) is 9.97 Å². The highest BCUT2D eigenvalue weighted by Gasteiger charge is 2.27. The van der Waals surface area contributed by atoms with Crippen LogP contribution >= 0.6 is 24.8 Å². The molecule has 2 heterocycles. The Balaban J connectivity index is 0.00000220. The number of nitrogens with one attached hydrogen (secondary N) is 2. The van der Waals surface area contributed by atoms with E-state index in [1.807, 2.05) is 13.0 Å². The second-order valence-electron chi connectivity index (χ2n) is 5.72. The maximum atomic E-state index is 10.6. The van der Waals surface area contributed by atoms with Crippen molar-refractivity contribution in [3.8, 4) is 0 Å². The fourth-order valence-corrected chi connectivity index (χ4v) is 2.65. The average Bonchev–Trinajstić information content (AvgIpc) is 2.62. The smallest absolute Gasteiger partial charge is 0.130 e. The van der Waals surface area contributed by atoms with E-state index in [1.165, 1.54) is 0 Å². The zero-order chi connectivity index (χ0) is 14.4. The van der Waals surface area contributed by atoms with Crippen LogP contribution in [0.25, 0.3) is 0 Å². The fraction of sp³-hybridized carbons (Fsp3) is 0.733. The Morgan fingerprint density at radius 2 is 2.05 bits per heavy atom. The third-order valence-corrected chi connectivity index (χ3v) is 3.76. The maximum Gasteiger partial charge on any atom is 0.130 e. The lowest BCUT2D eigenvalue weighted by Crippen LogP contribution is -2.38. The highest BCUT2D eigenvalue weighted by Crippen LogP contribution is 2.20. The van der Waals surface area contributed by atoms with E-state index < -0.39 is 5.60 Å². The van der Waals surface area contributed by atoms with Crippen LogP contribution in [-0.4, -0.2) is 40.3 Å². The van der Waals surface area contributed by atoms with Crippen molar-refractivity contribution < 1.29 is 5.11 Å². The van der Waals surface area contributed by atoms with E-state index in [0.29, 0.717) is 6.54 Å². The quantitative estimate of drug-likeness (QED) is 0.760. The first-order valence-corrected chi connectivity index (χ1v) is 7.63. The van der Waals surface area contributed by atoms with Crippen LogP contribution in [0.2, 0.25) is 0 Å². The molecule has 0 amide bonds. The van der Waals surface area contributed by atoms with Gasteiger partial charge in [0.05, 0.1) is 5.60 Å². The summed E-state index contributed by atoms with van der Waals surface area (Å²) in [7, 11) is 0. The summed E-state index contributed by atoms with van der Waals surface area (Å²) in [5.74, 6) is 1.61. The lowest BCUT2D eigenvalue weighted by Gasteiger charge is -2.26. The highest BCUT2D eigenvalue weighted by atomic mass is 35.5. The Hall–Kier alpha value is -0.620. The summed E-state index contributed by atoms with van der Waals surface area (Å²) in [5, 5.41) is 17.2. The number of anilines is 1. The molecule has 1 aliphatic rings. The van der Waals surface area contributed by atoms with Gasteiger partial charge in [0.1, 0.15) is 11.6 Å². The van der Waals surface area contributed by atoms with Gasteiger partial charge in [-0.1, -0.05) is 13.3 Å². The van der Waals surface area contributed by atoms with E-state index in [-0.39, 0.29) is 24.8 Å². The number of halogens is 2. The van der Waals surface area contributed by atoms with Crippen LogP contribution in [0.4, 0.5) is 5.82 Å². The monoisotopic (exact) mass is 350 g/mol. The molecule has 1 aliphatic heterocycles. The molecule has 0 bridgehead atoms. The highest BCUT2D eigenvalue weighted by molar-refractivity contribution is 5.85. The number of aromatic nitrogens is 2. The van der Waals surface area contributed by atoms with Crippen molar-refractivity contribution in [2.75, 3.05) is 25.0 Å². The summed E-state index contributed by atoms with van der Waals surface area (Å²) in [4.78, 5) is 8.83. The molecule has 22 heavy (non-hydrogen) atoms. The van der Waals surface area contributed by atoms with Crippen LogP contribution < -0.4 is 10.6 Å². The molecule has 3 N–H and O–H groups in total. The largest absolute Gasteiger partial charge is 0.388 e.